The highest BCUT2D eigenvalue weighted by Gasteiger charge is 2.17. The average Bonchev–Trinajstić information content (AvgIpc) is 2.48. The summed E-state index contributed by atoms with van der Waals surface area (Å²) in [6.45, 7) is 6.12. The molecule has 112 valence electrons. The molecule has 1 unspecified atom stereocenters. The van der Waals surface area contributed by atoms with Gasteiger partial charge in [-0.3, -0.25) is 0 Å². The van der Waals surface area contributed by atoms with Crippen molar-refractivity contribution in [3.05, 3.63) is 59.8 Å². The zero-order valence-corrected chi connectivity index (χ0v) is 12.6. The van der Waals surface area contributed by atoms with E-state index in [0.717, 1.165) is 6.42 Å². The van der Waals surface area contributed by atoms with E-state index >= 15 is 0 Å². The maximum Gasteiger partial charge on any atom is 0.194 e. The fraction of sp³-hybridized carbons (Fsp3) is 0.294. The molecule has 0 aliphatic heterocycles. The Kier molecular flexibility index (Phi) is 4.83. The average molecular weight is 287 g/mol. The van der Waals surface area contributed by atoms with Gasteiger partial charge in [-0.05, 0) is 32.4 Å². The molecule has 2 aromatic rings. The highest BCUT2D eigenvalue weighted by molar-refractivity contribution is 5.33. The van der Waals surface area contributed by atoms with Gasteiger partial charge >= 0.3 is 0 Å². The van der Waals surface area contributed by atoms with Gasteiger partial charge in [0.1, 0.15) is 11.4 Å². The molecule has 4 heteroatoms. The minimum absolute atomic E-state index is 0.248. The molecule has 0 aliphatic carbocycles. The van der Waals surface area contributed by atoms with E-state index in [0.29, 0.717) is 17.2 Å². The van der Waals surface area contributed by atoms with Crippen LogP contribution in [0.15, 0.2) is 54.6 Å². The molecule has 1 N–H and O–H groups in total. The van der Waals surface area contributed by atoms with Crippen LogP contribution in [0.3, 0.4) is 0 Å². The Bertz CT molecular complexity index is 569. The predicted octanol–water partition coefficient (Wildman–Crippen LogP) is 3.26. The Labute approximate surface area is 125 Å². The molecule has 2 rings (SSSR count). The number of hydrogen-bond acceptors (Lipinski definition) is 3. The molecule has 0 amide bonds. The summed E-state index contributed by atoms with van der Waals surface area (Å²) in [7, 11) is 0. The van der Waals surface area contributed by atoms with Crippen molar-refractivity contribution >= 4 is 5.69 Å². The van der Waals surface area contributed by atoms with Gasteiger partial charge in [-0.25, -0.2) is 0 Å². The molecule has 0 spiro atoms. The Morgan fingerprint density at radius 1 is 1.00 bits per heavy atom. The second kappa shape index (κ2) is 6.61. The third kappa shape index (κ3) is 4.48. The van der Waals surface area contributed by atoms with Crippen molar-refractivity contribution in [3.8, 4) is 11.5 Å². The summed E-state index contributed by atoms with van der Waals surface area (Å²) < 4.78 is 5.89. The van der Waals surface area contributed by atoms with Crippen molar-refractivity contribution < 1.29 is 14.8 Å². The lowest BCUT2D eigenvalue weighted by Gasteiger charge is -2.25. The second-order valence-electron chi connectivity index (χ2n) is 5.45. The van der Waals surface area contributed by atoms with E-state index in [1.54, 1.807) is 36.4 Å². The van der Waals surface area contributed by atoms with Crippen molar-refractivity contribution in [2.75, 3.05) is 0 Å². The minimum Gasteiger partial charge on any atom is -0.585 e. The van der Waals surface area contributed by atoms with Crippen LogP contribution in [0.1, 0.15) is 27.2 Å². The molecule has 0 aliphatic rings. The van der Waals surface area contributed by atoms with Crippen LogP contribution in [0, 0.1) is 5.21 Å². The third-order valence-electron chi connectivity index (χ3n) is 3.27. The summed E-state index contributed by atoms with van der Waals surface area (Å²) in [5, 5.41) is 11.6. The van der Waals surface area contributed by atoms with Gasteiger partial charge < -0.3 is 14.8 Å². The first-order chi connectivity index (χ1) is 10.00. The highest BCUT2D eigenvalue weighted by Crippen LogP contribution is 2.24. The lowest BCUT2D eigenvalue weighted by atomic mass is 10.1. The molecule has 0 fully saturated rings. The molecule has 2 aromatic carbocycles. The molecular weight excluding hydrogens is 266 g/mol. The Hall–Kier alpha value is -2.04. The summed E-state index contributed by atoms with van der Waals surface area (Å²) in [4.78, 5) is 5.37. The third-order valence-corrected chi connectivity index (χ3v) is 3.27. The normalized spacial score (nSPS) is 12.8. The van der Waals surface area contributed by atoms with Gasteiger partial charge in [0.05, 0.1) is 0 Å². The molecule has 0 saturated carbocycles. The zero-order chi connectivity index (χ0) is 15.3. The van der Waals surface area contributed by atoms with Crippen LogP contribution in [0.5, 0.6) is 11.5 Å². The van der Waals surface area contributed by atoms with Gasteiger partial charge in [-0.2, -0.15) is 0 Å². The summed E-state index contributed by atoms with van der Waals surface area (Å²) in [5.74, 6) is 1.17. The lowest BCUT2D eigenvalue weighted by Crippen LogP contribution is -3.04. The quantitative estimate of drug-likeness (QED) is 0.829. The van der Waals surface area contributed by atoms with E-state index < -0.39 is 0 Å². The van der Waals surface area contributed by atoms with Crippen molar-refractivity contribution in [2.45, 2.75) is 32.8 Å². The van der Waals surface area contributed by atoms with Crippen LogP contribution in [0.4, 0.5) is 5.69 Å². The fourth-order valence-electron chi connectivity index (χ4n) is 1.73. The summed E-state index contributed by atoms with van der Waals surface area (Å²) in [6, 6.07) is 16.1. The van der Waals surface area contributed by atoms with Crippen molar-refractivity contribution in [2.24, 2.45) is 0 Å². The van der Waals surface area contributed by atoms with Crippen LogP contribution in [0.2, 0.25) is 0 Å². The van der Waals surface area contributed by atoms with Crippen LogP contribution >= 0.6 is 0 Å². The van der Waals surface area contributed by atoms with Crippen LogP contribution in [0.25, 0.3) is 0 Å². The first-order valence-electron chi connectivity index (χ1n) is 7.06. The van der Waals surface area contributed by atoms with Crippen LogP contribution in [-0.4, -0.2) is 5.60 Å². The molecule has 21 heavy (non-hydrogen) atoms. The zero-order valence-electron chi connectivity index (χ0n) is 12.6. The standard InChI is InChI=1S/C17H21NO3/c1-4-17(2,3)20-15-11-8-12-16(13-15)21-18(19)14-9-6-5-7-10-14/h5-13,18H,4H2,1-3H3. The second-order valence-corrected chi connectivity index (χ2v) is 5.45. The molecular formula is C17H21NO3. The number of quaternary nitrogens is 1. The molecule has 1 atom stereocenters. The molecule has 4 nitrogen and oxygen atoms in total. The molecule has 0 aromatic heterocycles. The van der Waals surface area contributed by atoms with Gasteiger partial charge in [0.2, 0.25) is 0 Å². The minimum atomic E-state index is -0.373. The van der Waals surface area contributed by atoms with Gasteiger partial charge in [-0.1, -0.05) is 31.2 Å². The summed E-state index contributed by atoms with van der Waals surface area (Å²) in [5.41, 5.74) is 0.278. The summed E-state index contributed by atoms with van der Waals surface area (Å²) in [6.07, 6.45) is 0.890. The van der Waals surface area contributed by atoms with Crippen LogP contribution in [-0.2, 0) is 0 Å². The Morgan fingerprint density at radius 3 is 2.33 bits per heavy atom. The number of hydrogen-bond donors (Lipinski definition) is 1. The van der Waals surface area contributed by atoms with Crippen LogP contribution < -0.4 is 14.8 Å². The monoisotopic (exact) mass is 287 g/mol. The largest absolute Gasteiger partial charge is 0.585 e. The van der Waals surface area contributed by atoms with Gasteiger partial charge in [0.15, 0.2) is 11.4 Å². The van der Waals surface area contributed by atoms with Crippen molar-refractivity contribution in [1.82, 2.24) is 0 Å². The van der Waals surface area contributed by atoms with E-state index in [-0.39, 0.29) is 10.8 Å². The Morgan fingerprint density at radius 2 is 1.67 bits per heavy atom. The summed E-state index contributed by atoms with van der Waals surface area (Å²) >= 11 is 0. The number of benzene rings is 2. The fourth-order valence-corrected chi connectivity index (χ4v) is 1.73. The maximum absolute atomic E-state index is 12.0. The van der Waals surface area contributed by atoms with Crippen molar-refractivity contribution in [3.63, 3.8) is 0 Å². The van der Waals surface area contributed by atoms with E-state index in [1.165, 1.54) is 0 Å². The lowest BCUT2D eigenvalue weighted by molar-refractivity contribution is -0.963. The predicted molar refractivity (Wildman–Crippen MR) is 82.5 cm³/mol. The van der Waals surface area contributed by atoms with E-state index in [4.69, 9.17) is 9.57 Å². The van der Waals surface area contributed by atoms with E-state index in [9.17, 15) is 5.21 Å². The van der Waals surface area contributed by atoms with Gasteiger partial charge in [0.25, 0.3) is 0 Å². The topological polar surface area (TPSA) is 46.0 Å². The number of nitrogens with one attached hydrogen (secondary N) is 1. The smallest absolute Gasteiger partial charge is 0.194 e. The molecule has 0 heterocycles. The highest BCUT2D eigenvalue weighted by atomic mass is 16.9. The van der Waals surface area contributed by atoms with Gasteiger partial charge in [-0.15, -0.1) is 5.23 Å². The van der Waals surface area contributed by atoms with Gasteiger partial charge in [0, 0.05) is 18.2 Å². The molecule has 0 radical (unpaired) electrons. The molecule has 0 bridgehead atoms. The maximum atomic E-state index is 12.0. The van der Waals surface area contributed by atoms with E-state index in [1.807, 2.05) is 32.0 Å². The molecule has 0 saturated heterocycles. The SMILES string of the molecule is CCC(C)(C)Oc1cccc(O[NH+]([O-])c2ccccc2)c1. The number of rotatable bonds is 6. The first kappa shape index (κ1) is 15.4. The van der Waals surface area contributed by atoms with E-state index in [2.05, 4.69) is 6.92 Å². The number of ether oxygens (including phenoxy) is 1. The Balaban J connectivity index is 2.08. The van der Waals surface area contributed by atoms with Crippen molar-refractivity contribution in [1.29, 1.82) is 0 Å². The first-order valence-corrected chi connectivity index (χ1v) is 7.06.